The van der Waals surface area contributed by atoms with E-state index in [1.807, 2.05) is 72.8 Å². The van der Waals surface area contributed by atoms with Gasteiger partial charge >= 0.3 is 0 Å². The van der Waals surface area contributed by atoms with Crippen LogP contribution in [0.5, 0.6) is 11.5 Å². The van der Waals surface area contributed by atoms with Crippen molar-refractivity contribution in [3.8, 4) is 11.5 Å². The molecule has 6 heteroatoms. The monoisotopic (exact) mass is 465 g/mol. The van der Waals surface area contributed by atoms with Crippen molar-refractivity contribution in [2.75, 3.05) is 24.7 Å². The maximum absolute atomic E-state index is 13.1. The fourth-order valence-electron chi connectivity index (χ4n) is 3.32. The first-order chi connectivity index (χ1) is 15.6. The average Bonchev–Trinajstić information content (AvgIpc) is 2.81. The number of hydrogen-bond acceptors (Lipinski definition) is 3. The Morgan fingerprint density at radius 1 is 0.781 bits per heavy atom. The van der Waals surface area contributed by atoms with E-state index in [1.54, 1.807) is 23.1 Å². The summed E-state index contributed by atoms with van der Waals surface area (Å²) < 4.78 is 11.5. The molecule has 162 valence electrons. The van der Waals surface area contributed by atoms with E-state index >= 15 is 0 Å². The van der Waals surface area contributed by atoms with Gasteiger partial charge in [0.25, 0.3) is 5.91 Å². The van der Waals surface area contributed by atoms with Crippen molar-refractivity contribution in [2.45, 2.75) is 0 Å². The van der Waals surface area contributed by atoms with Gasteiger partial charge in [0.1, 0.15) is 18.1 Å². The number of carbonyl (C=O) groups is 1. The predicted octanol–water partition coefficient (Wildman–Crippen LogP) is 6.64. The van der Waals surface area contributed by atoms with E-state index in [0.29, 0.717) is 28.9 Å². The number of para-hydroxylation sites is 1. The van der Waals surface area contributed by atoms with Gasteiger partial charge < -0.3 is 14.4 Å². The van der Waals surface area contributed by atoms with Crippen LogP contribution in [0, 0.1) is 0 Å². The summed E-state index contributed by atoms with van der Waals surface area (Å²) in [4.78, 5) is 14.8. The molecule has 0 aliphatic rings. The lowest BCUT2D eigenvalue weighted by molar-refractivity contribution is -0.120. The summed E-state index contributed by atoms with van der Waals surface area (Å²) in [5, 5.41) is 3.02. The molecule has 4 rings (SSSR count). The van der Waals surface area contributed by atoms with Gasteiger partial charge in [-0.05, 0) is 53.2 Å². The van der Waals surface area contributed by atoms with Gasteiger partial charge in [-0.3, -0.25) is 4.79 Å². The minimum Gasteiger partial charge on any atom is -0.492 e. The molecule has 0 N–H and O–H groups in total. The Labute approximate surface area is 196 Å². The first kappa shape index (κ1) is 22.0. The van der Waals surface area contributed by atoms with Crippen molar-refractivity contribution in [2.24, 2.45) is 0 Å². The average molecular weight is 466 g/mol. The molecule has 1 amide bonds. The number of ether oxygens (including phenoxy) is 2. The van der Waals surface area contributed by atoms with Crippen LogP contribution >= 0.6 is 23.2 Å². The molecule has 0 unspecified atom stereocenters. The summed E-state index contributed by atoms with van der Waals surface area (Å²) in [6.45, 7) is 0.535. The van der Waals surface area contributed by atoms with Gasteiger partial charge in [-0.15, -0.1) is 0 Å². The van der Waals surface area contributed by atoms with Crippen LogP contribution in [0.1, 0.15) is 0 Å². The Kier molecular flexibility index (Phi) is 7.15. The van der Waals surface area contributed by atoms with Crippen molar-refractivity contribution < 1.29 is 14.3 Å². The zero-order valence-corrected chi connectivity index (χ0v) is 18.7. The summed E-state index contributed by atoms with van der Waals surface area (Å²) >= 11 is 12.1. The molecule has 0 saturated heterocycles. The summed E-state index contributed by atoms with van der Waals surface area (Å²) in [6, 6.07) is 28.3. The first-order valence-electron chi connectivity index (χ1n) is 10.1. The van der Waals surface area contributed by atoms with E-state index in [1.165, 1.54) is 0 Å². The fraction of sp³-hybridized carbons (Fsp3) is 0.115. The van der Waals surface area contributed by atoms with Crippen LogP contribution in [-0.4, -0.2) is 25.7 Å². The normalized spacial score (nSPS) is 10.7. The molecule has 0 aliphatic heterocycles. The van der Waals surface area contributed by atoms with Crippen LogP contribution in [0.25, 0.3) is 10.8 Å². The molecule has 0 atom stereocenters. The third-order valence-electron chi connectivity index (χ3n) is 4.92. The van der Waals surface area contributed by atoms with Crippen molar-refractivity contribution in [1.29, 1.82) is 0 Å². The van der Waals surface area contributed by atoms with E-state index in [-0.39, 0.29) is 12.5 Å². The third-order valence-corrected chi connectivity index (χ3v) is 5.45. The second-order valence-electron chi connectivity index (χ2n) is 7.10. The zero-order chi connectivity index (χ0) is 22.3. The largest absolute Gasteiger partial charge is 0.492 e. The minimum absolute atomic E-state index is 0.167. The van der Waals surface area contributed by atoms with Crippen molar-refractivity contribution in [1.82, 2.24) is 0 Å². The van der Waals surface area contributed by atoms with Crippen LogP contribution in [0.15, 0.2) is 91.0 Å². The molecule has 4 nitrogen and oxygen atoms in total. The molecule has 4 aromatic carbocycles. The number of amides is 1. The molecule has 0 aromatic heterocycles. The second kappa shape index (κ2) is 10.4. The molecular weight excluding hydrogens is 445 g/mol. The number of fused-ring (bicyclic) bond motifs is 1. The Bertz CT molecular complexity index is 1210. The highest BCUT2D eigenvalue weighted by Crippen LogP contribution is 2.28. The molecule has 0 fully saturated rings. The summed E-state index contributed by atoms with van der Waals surface area (Å²) in [6.07, 6.45) is 0. The summed E-state index contributed by atoms with van der Waals surface area (Å²) in [5.41, 5.74) is 0.774. The minimum atomic E-state index is -0.206. The lowest BCUT2D eigenvalue weighted by atomic mass is 10.1. The van der Waals surface area contributed by atoms with Crippen molar-refractivity contribution >= 4 is 45.6 Å². The molecule has 0 radical (unpaired) electrons. The van der Waals surface area contributed by atoms with Gasteiger partial charge in [0.2, 0.25) is 0 Å². The highest BCUT2D eigenvalue weighted by Gasteiger charge is 2.18. The Balaban J connectivity index is 1.51. The van der Waals surface area contributed by atoms with Gasteiger partial charge in [0.15, 0.2) is 6.61 Å². The standard InChI is InChI=1S/C26H21Cl2NO3/c27-21-11-13-25(24(28)17-21)32-18-26(30)29(14-15-31-23-8-2-1-3-9-23)22-12-10-19-6-4-5-7-20(19)16-22/h1-13,16-17H,14-15,18H2. The van der Waals surface area contributed by atoms with Gasteiger partial charge in [-0.1, -0.05) is 71.7 Å². The Hall–Kier alpha value is -3.21. The highest BCUT2D eigenvalue weighted by atomic mass is 35.5. The van der Waals surface area contributed by atoms with Crippen LogP contribution in [-0.2, 0) is 4.79 Å². The molecule has 0 aliphatic carbocycles. The predicted molar refractivity (Wildman–Crippen MR) is 130 cm³/mol. The zero-order valence-electron chi connectivity index (χ0n) is 17.2. The molecule has 0 bridgehead atoms. The van der Waals surface area contributed by atoms with Crippen LogP contribution in [0.3, 0.4) is 0 Å². The van der Waals surface area contributed by atoms with Gasteiger partial charge in [0, 0.05) is 10.7 Å². The number of halogens is 2. The van der Waals surface area contributed by atoms with E-state index in [2.05, 4.69) is 0 Å². The summed E-state index contributed by atoms with van der Waals surface area (Å²) in [7, 11) is 0. The number of hydrogen-bond donors (Lipinski definition) is 0. The van der Waals surface area contributed by atoms with Crippen LogP contribution in [0.2, 0.25) is 10.0 Å². The van der Waals surface area contributed by atoms with E-state index in [0.717, 1.165) is 22.2 Å². The number of nitrogens with zero attached hydrogens (tertiary/aromatic N) is 1. The fourth-order valence-corrected chi connectivity index (χ4v) is 3.79. The maximum Gasteiger partial charge on any atom is 0.265 e. The van der Waals surface area contributed by atoms with Crippen LogP contribution in [0.4, 0.5) is 5.69 Å². The molecule has 0 spiro atoms. The van der Waals surface area contributed by atoms with E-state index in [9.17, 15) is 4.79 Å². The lowest BCUT2D eigenvalue weighted by Gasteiger charge is -2.24. The van der Waals surface area contributed by atoms with Crippen molar-refractivity contribution in [3.05, 3.63) is 101 Å². The molecule has 4 aromatic rings. The van der Waals surface area contributed by atoms with E-state index in [4.69, 9.17) is 32.7 Å². The number of benzene rings is 4. The highest BCUT2D eigenvalue weighted by molar-refractivity contribution is 6.35. The molecule has 0 saturated carbocycles. The number of anilines is 1. The van der Waals surface area contributed by atoms with E-state index < -0.39 is 0 Å². The Morgan fingerprint density at radius 3 is 2.31 bits per heavy atom. The lowest BCUT2D eigenvalue weighted by Crippen LogP contribution is -2.38. The second-order valence-corrected chi connectivity index (χ2v) is 7.95. The number of carbonyl (C=O) groups excluding carboxylic acids is 1. The Morgan fingerprint density at radius 2 is 1.53 bits per heavy atom. The quantitative estimate of drug-likeness (QED) is 0.292. The van der Waals surface area contributed by atoms with Gasteiger partial charge in [-0.25, -0.2) is 0 Å². The topological polar surface area (TPSA) is 38.8 Å². The van der Waals surface area contributed by atoms with Crippen molar-refractivity contribution in [3.63, 3.8) is 0 Å². The molecular formula is C26H21Cl2NO3. The van der Waals surface area contributed by atoms with Gasteiger partial charge in [-0.2, -0.15) is 0 Å². The summed E-state index contributed by atoms with van der Waals surface area (Å²) in [5.74, 6) is 0.953. The van der Waals surface area contributed by atoms with Gasteiger partial charge in [0.05, 0.1) is 11.6 Å². The number of rotatable bonds is 8. The third kappa shape index (κ3) is 5.52. The SMILES string of the molecule is O=C(COc1ccc(Cl)cc1Cl)N(CCOc1ccccc1)c1ccc2ccccc2c1. The first-order valence-corrected chi connectivity index (χ1v) is 10.9. The smallest absolute Gasteiger partial charge is 0.265 e. The molecule has 32 heavy (non-hydrogen) atoms. The van der Waals surface area contributed by atoms with Crippen LogP contribution < -0.4 is 14.4 Å². The maximum atomic E-state index is 13.1. The molecule has 0 heterocycles.